The fourth-order valence-electron chi connectivity index (χ4n) is 5.59. The van der Waals surface area contributed by atoms with Crippen molar-refractivity contribution >= 4 is 33.0 Å². The molecule has 0 radical (unpaired) electrons. The van der Waals surface area contributed by atoms with Crippen molar-refractivity contribution in [2.24, 2.45) is 0 Å². The highest BCUT2D eigenvalue weighted by molar-refractivity contribution is 7.15. The first kappa shape index (κ1) is 27.6. The Hall–Kier alpha value is -4.57. The molecular formula is C32H31FN6O2S. The normalized spacial score (nSPS) is 13.0. The predicted molar refractivity (Wildman–Crippen MR) is 166 cm³/mol. The fourth-order valence-corrected chi connectivity index (χ4v) is 6.52. The van der Waals surface area contributed by atoms with E-state index in [9.17, 15) is 9.18 Å². The molecule has 6 rings (SSSR count). The second kappa shape index (κ2) is 11.0. The minimum absolute atomic E-state index is 0.0542. The molecule has 0 amide bonds. The summed E-state index contributed by atoms with van der Waals surface area (Å²) in [7, 11) is 1.81. The van der Waals surface area contributed by atoms with Crippen LogP contribution in [0.15, 0.2) is 71.1 Å². The van der Waals surface area contributed by atoms with Crippen LogP contribution in [0.5, 0.6) is 5.75 Å². The van der Waals surface area contributed by atoms with Crippen molar-refractivity contribution in [3.63, 3.8) is 0 Å². The third kappa shape index (κ3) is 4.61. The van der Waals surface area contributed by atoms with E-state index in [0.29, 0.717) is 34.9 Å². The van der Waals surface area contributed by atoms with Gasteiger partial charge in [0.25, 0.3) is 5.56 Å². The van der Waals surface area contributed by atoms with Crippen LogP contribution in [0.2, 0.25) is 0 Å². The first-order valence-electron chi connectivity index (χ1n) is 13.8. The molecule has 42 heavy (non-hydrogen) atoms. The number of alkyl halides is 1. The van der Waals surface area contributed by atoms with E-state index in [0.717, 1.165) is 38.2 Å². The summed E-state index contributed by atoms with van der Waals surface area (Å²) in [5.41, 5.74) is 6.17. The van der Waals surface area contributed by atoms with Crippen LogP contribution in [0.25, 0.3) is 38.2 Å². The zero-order valence-electron chi connectivity index (χ0n) is 24.1. The monoisotopic (exact) mass is 582 g/mol. The van der Waals surface area contributed by atoms with Crippen LogP contribution in [0, 0.1) is 13.8 Å². The molecule has 6 aromatic rings. The maximum absolute atomic E-state index is 14.1. The highest BCUT2D eigenvalue weighted by atomic mass is 32.1. The van der Waals surface area contributed by atoms with Crippen LogP contribution in [-0.4, -0.2) is 37.6 Å². The van der Waals surface area contributed by atoms with E-state index >= 15 is 0 Å². The van der Waals surface area contributed by atoms with Crippen molar-refractivity contribution in [1.82, 2.24) is 24.1 Å². The van der Waals surface area contributed by atoms with Crippen molar-refractivity contribution in [2.45, 2.75) is 46.5 Å². The van der Waals surface area contributed by atoms with E-state index in [1.54, 1.807) is 21.8 Å². The van der Waals surface area contributed by atoms with Gasteiger partial charge in [0.1, 0.15) is 28.4 Å². The Kier molecular flexibility index (Phi) is 7.24. The smallest absolute Gasteiger partial charge is 0.264 e. The molecule has 0 saturated heterocycles. The lowest BCUT2D eigenvalue weighted by atomic mass is 9.95. The van der Waals surface area contributed by atoms with Gasteiger partial charge in [-0.1, -0.05) is 37.3 Å². The number of anilines is 1. The van der Waals surface area contributed by atoms with Gasteiger partial charge < -0.3 is 10.1 Å². The van der Waals surface area contributed by atoms with Crippen LogP contribution in [-0.2, 0) is 0 Å². The minimum atomic E-state index is -1.42. The molecule has 0 aliphatic heterocycles. The van der Waals surface area contributed by atoms with Crippen LogP contribution in [0.4, 0.5) is 10.2 Å². The van der Waals surface area contributed by atoms with Gasteiger partial charge in [0.15, 0.2) is 5.65 Å². The molecule has 2 atom stereocenters. The number of nitrogens with zero attached hydrogens (tertiary/aromatic N) is 5. The third-order valence-electron chi connectivity index (χ3n) is 7.47. The van der Waals surface area contributed by atoms with Crippen molar-refractivity contribution in [3.8, 4) is 28.1 Å². The van der Waals surface area contributed by atoms with E-state index in [4.69, 9.17) is 14.8 Å². The van der Waals surface area contributed by atoms with Crippen molar-refractivity contribution < 1.29 is 9.13 Å². The number of aromatic nitrogens is 5. The largest absolute Gasteiger partial charge is 0.460 e. The molecule has 4 aromatic heterocycles. The highest BCUT2D eigenvalue weighted by Crippen LogP contribution is 2.39. The lowest BCUT2D eigenvalue weighted by Gasteiger charge is -2.21. The van der Waals surface area contributed by atoms with Gasteiger partial charge in [-0.15, -0.1) is 11.3 Å². The van der Waals surface area contributed by atoms with Gasteiger partial charge in [-0.05, 0) is 61.2 Å². The average molecular weight is 583 g/mol. The van der Waals surface area contributed by atoms with Gasteiger partial charge in [-0.25, -0.2) is 19.0 Å². The molecule has 214 valence electrons. The summed E-state index contributed by atoms with van der Waals surface area (Å²) in [5, 5.41) is 11.1. The van der Waals surface area contributed by atoms with Crippen molar-refractivity contribution in [3.05, 3.63) is 93.5 Å². The molecule has 1 unspecified atom stereocenters. The highest BCUT2D eigenvalue weighted by Gasteiger charge is 2.27. The van der Waals surface area contributed by atoms with Gasteiger partial charge >= 0.3 is 0 Å². The van der Waals surface area contributed by atoms with E-state index in [1.165, 1.54) is 13.3 Å². The number of pyridine rings is 1. The lowest BCUT2D eigenvalue weighted by Crippen LogP contribution is -2.22. The number of fused-ring (bicyclic) bond motifs is 2. The summed E-state index contributed by atoms with van der Waals surface area (Å²) in [4.78, 5) is 24.1. The van der Waals surface area contributed by atoms with E-state index in [2.05, 4.69) is 23.3 Å². The SMILES string of the molecule is CC[C@@H](c1cc2scc(C)n2c(=O)c1-c1ccccc1)n1nc(-c2ccc(OC(C)F)c(C)c2)c2c(NC)ncnc21. The molecule has 0 aliphatic rings. The Balaban J connectivity index is 1.62. The summed E-state index contributed by atoms with van der Waals surface area (Å²) in [5.74, 6) is 1.11. The summed E-state index contributed by atoms with van der Waals surface area (Å²) >= 11 is 1.55. The Bertz CT molecular complexity index is 1980. The van der Waals surface area contributed by atoms with Crippen LogP contribution in [0.1, 0.15) is 43.1 Å². The summed E-state index contributed by atoms with van der Waals surface area (Å²) in [6.07, 6.45) is 0.762. The number of nitrogens with one attached hydrogen (secondary N) is 1. The zero-order chi connectivity index (χ0) is 29.5. The second-order valence-corrected chi connectivity index (χ2v) is 11.1. The Morgan fingerprint density at radius 1 is 1.07 bits per heavy atom. The van der Waals surface area contributed by atoms with Gasteiger partial charge in [0, 0.05) is 30.6 Å². The van der Waals surface area contributed by atoms with Gasteiger partial charge in [-0.3, -0.25) is 9.20 Å². The van der Waals surface area contributed by atoms with Gasteiger partial charge in [0.2, 0.25) is 6.36 Å². The molecule has 2 aromatic carbocycles. The summed E-state index contributed by atoms with van der Waals surface area (Å²) < 4.78 is 22.6. The number of aryl methyl sites for hydroxylation is 2. The quantitative estimate of drug-likeness (QED) is 0.205. The first-order chi connectivity index (χ1) is 20.3. The molecule has 0 spiro atoms. The molecular weight excluding hydrogens is 551 g/mol. The van der Waals surface area contributed by atoms with E-state index in [1.807, 2.05) is 73.4 Å². The number of benzene rings is 2. The Labute approximate surface area is 246 Å². The molecule has 4 heterocycles. The number of hydrogen-bond acceptors (Lipinski definition) is 7. The van der Waals surface area contributed by atoms with Crippen LogP contribution >= 0.6 is 11.3 Å². The maximum atomic E-state index is 14.1. The van der Waals surface area contributed by atoms with Crippen molar-refractivity contribution in [1.29, 1.82) is 0 Å². The summed E-state index contributed by atoms with van der Waals surface area (Å²) in [6.45, 7) is 7.27. The molecule has 0 aliphatic carbocycles. The molecule has 10 heteroatoms. The molecule has 0 saturated carbocycles. The molecule has 0 fully saturated rings. The number of thiazole rings is 1. The topological polar surface area (TPSA) is 86.3 Å². The Morgan fingerprint density at radius 3 is 2.55 bits per heavy atom. The van der Waals surface area contributed by atoms with E-state index in [-0.39, 0.29) is 11.6 Å². The first-order valence-corrected chi connectivity index (χ1v) is 14.7. The average Bonchev–Trinajstić information content (AvgIpc) is 3.56. The molecule has 1 N–H and O–H groups in total. The number of ether oxygens (including phenoxy) is 1. The van der Waals surface area contributed by atoms with E-state index < -0.39 is 6.36 Å². The number of halogens is 1. The fraction of sp³-hybridized carbons (Fsp3) is 0.250. The summed E-state index contributed by atoms with van der Waals surface area (Å²) in [6, 6.07) is 17.1. The second-order valence-electron chi connectivity index (χ2n) is 10.2. The number of rotatable bonds is 8. The lowest BCUT2D eigenvalue weighted by molar-refractivity contribution is 0.0853. The van der Waals surface area contributed by atoms with Crippen LogP contribution in [0.3, 0.4) is 0 Å². The van der Waals surface area contributed by atoms with Gasteiger partial charge in [0.05, 0.1) is 17.0 Å². The van der Waals surface area contributed by atoms with Crippen LogP contribution < -0.4 is 15.6 Å². The predicted octanol–water partition coefficient (Wildman–Crippen LogP) is 7.19. The Morgan fingerprint density at radius 2 is 1.86 bits per heavy atom. The van der Waals surface area contributed by atoms with Gasteiger partial charge in [-0.2, -0.15) is 5.10 Å². The standard InChI is InChI=1S/C32H31FN6O2S/c1-6-24(23-15-26-38(19(3)16-42-26)32(40)27(23)21-10-8-7-9-11-21)39-31-28(30(34-5)35-17-36-31)29(37-39)22-12-13-25(18(2)14-22)41-20(4)33/h7-17,20,24H,6H2,1-5H3,(H,34,35,36)/t20?,24-/m0/s1. The maximum Gasteiger partial charge on any atom is 0.264 e. The minimum Gasteiger partial charge on any atom is -0.460 e. The molecule has 8 nitrogen and oxygen atoms in total. The zero-order valence-corrected chi connectivity index (χ0v) is 24.9. The molecule has 0 bridgehead atoms. The third-order valence-corrected chi connectivity index (χ3v) is 8.48. The van der Waals surface area contributed by atoms with Crippen molar-refractivity contribution in [2.75, 3.05) is 12.4 Å². The number of hydrogen-bond donors (Lipinski definition) is 1.